The molecule has 3 heteroatoms. The van der Waals surface area contributed by atoms with E-state index in [2.05, 4.69) is 11.9 Å². The van der Waals surface area contributed by atoms with Crippen LogP contribution in [0.15, 0.2) is 24.3 Å². The summed E-state index contributed by atoms with van der Waals surface area (Å²) in [5, 5.41) is 0. The SMILES string of the molecule is CN(Cc1ccccc1F)C1(CN)CCCCCC1. The Kier molecular flexibility index (Phi) is 4.94. The average Bonchev–Trinajstić information content (AvgIpc) is 2.67. The molecule has 0 amide bonds. The molecule has 1 aromatic carbocycles. The van der Waals surface area contributed by atoms with Gasteiger partial charge in [-0.15, -0.1) is 0 Å². The largest absolute Gasteiger partial charge is 0.329 e. The maximum absolute atomic E-state index is 13.8. The Morgan fingerprint density at radius 1 is 1.16 bits per heavy atom. The maximum atomic E-state index is 13.8. The van der Waals surface area contributed by atoms with Crippen LogP contribution in [0.2, 0.25) is 0 Å². The fraction of sp³-hybridized carbons (Fsp3) is 0.625. The van der Waals surface area contributed by atoms with Crippen LogP contribution in [0.5, 0.6) is 0 Å². The molecule has 2 nitrogen and oxygen atoms in total. The van der Waals surface area contributed by atoms with Gasteiger partial charge in [0.25, 0.3) is 0 Å². The van der Waals surface area contributed by atoms with E-state index in [9.17, 15) is 4.39 Å². The molecule has 0 atom stereocenters. The first-order valence-electron chi connectivity index (χ1n) is 7.33. The predicted octanol–water partition coefficient (Wildman–Crippen LogP) is 3.31. The normalized spacial score (nSPS) is 19.4. The van der Waals surface area contributed by atoms with Crippen molar-refractivity contribution < 1.29 is 4.39 Å². The van der Waals surface area contributed by atoms with Crippen molar-refractivity contribution >= 4 is 0 Å². The molecule has 0 radical (unpaired) electrons. The minimum atomic E-state index is -0.116. The van der Waals surface area contributed by atoms with Gasteiger partial charge in [-0.25, -0.2) is 4.39 Å². The highest BCUT2D eigenvalue weighted by atomic mass is 19.1. The minimum Gasteiger partial charge on any atom is -0.329 e. The lowest BCUT2D eigenvalue weighted by molar-refractivity contribution is 0.0985. The van der Waals surface area contributed by atoms with Crippen LogP contribution in [0.4, 0.5) is 4.39 Å². The summed E-state index contributed by atoms with van der Waals surface area (Å²) in [6.07, 6.45) is 7.34. The molecule has 0 spiro atoms. The maximum Gasteiger partial charge on any atom is 0.127 e. The summed E-state index contributed by atoms with van der Waals surface area (Å²) in [6, 6.07) is 7.04. The number of halogens is 1. The summed E-state index contributed by atoms with van der Waals surface area (Å²) in [5.41, 5.74) is 6.89. The van der Waals surface area contributed by atoms with E-state index in [-0.39, 0.29) is 11.4 Å². The highest BCUT2D eigenvalue weighted by Gasteiger charge is 2.33. The number of nitrogens with zero attached hydrogens (tertiary/aromatic N) is 1. The molecule has 1 aliphatic carbocycles. The number of benzene rings is 1. The second-order valence-electron chi connectivity index (χ2n) is 5.79. The van der Waals surface area contributed by atoms with Crippen molar-refractivity contribution in [2.45, 2.75) is 50.6 Å². The van der Waals surface area contributed by atoms with Crippen LogP contribution in [-0.4, -0.2) is 24.0 Å². The summed E-state index contributed by atoms with van der Waals surface area (Å²) in [7, 11) is 2.09. The first kappa shape index (κ1) is 14.5. The van der Waals surface area contributed by atoms with Crippen LogP contribution in [0.25, 0.3) is 0 Å². The molecule has 1 aliphatic rings. The number of nitrogens with two attached hydrogens (primary N) is 1. The van der Waals surface area contributed by atoms with E-state index in [4.69, 9.17) is 5.73 Å². The standard InChI is InChI=1S/C16H25FN2/c1-19(12-14-8-4-5-9-15(14)17)16(13-18)10-6-2-3-7-11-16/h4-5,8-9H,2-3,6-7,10-13,18H2,1H3. The zero-order valence-corrected chi connectivity index (χ0v) is 11.9. The molecule has 0 aromatic heterocycles. The fourth-order valence-corrected chi connectivity index (χ4v) is 3.18. The Bertz CT molecular complexity index is 397. The van der Waals surface area contributed by atoms with Crippen molar-refractivity contribution in [3.05, 3.63) is 35.6 Å². The van der Waals surface area contributed by atoms with Gasteiger partial charge in [0, 0.05) is 24.2 Å². The Balaban J connectivity index is 2.12. The Labute approximate surface area is 115 Å². The van der Waals surface area contributed by atoms with Crippen molar-refractivity contribution in [1.29, 1.82) is 0 Å². The summed E-state index contributed by atoms with van der Waals surface area (Å²) in [5.74, 6) is -0.116. The van der Waals surface area contributed by atoms with Crippen LogP contribution in [0.1, 0.15) is 44.1 Å². The lowest BCUT2D eigenvalue weighted by atomic mass is 9.88. The number of likely N-dealkylation sites (N-methyl/N-ethyl adjacent to an activating group) is 1. The van der Waals surface area contributed by atoms with Crippen molar-refractivity contribution in [2.75, 3.05) is 13.6 Å². The third-order valence-corrected chi connectivity index (χ3v) is 4.59. The van der Waals surface area contributed by atoms with Gasteiger partial charge in [-0.05, 0) is 26.0 Å². The van der Waals surface area contributed by atoms with Gasteiger partial charge in [0.1, 0.15) is 5.82 Å². The highest BCUT2D eigenvalue weighted by Crippen LogP contribution is 2.32. The predicted molar refractivity (Wildman–Crippen MR) is 77.4 cm³/mol. The van der Waals surface area contributed by atoms with Gasteiger partial charge in [0.15, 0.2) is 0 Å². The molecule has 0 bridgehead atoms. The fourth-order valence-electron chi connectivity index (χ4n) is 3.18. The van der Waals surface area contributed by atoms with Gasteiger partial charge in [0.05, 0.1) is 0 Å². The zero-order valence-electron chi connectivity index (χ0n) is 11.9. The second kappa shape index (κ2) is 6.49. The minimum absolute atomic E-state index is 0.0543. The van der Waals surface area contributed by atoms with Gasteiger partial charge in [0.2, 0.25) is 0 Å². The molecule has 2 N–H and O–H groups in total. The van der Waals surface area contributed by atoms with E-state index in [0.717, 1.165) is 18.4 Å². The number of rotatable bonds is 4. The molecule has 19 heavy (non-hydrogen) atoms. The zero-order chi connectivity index (χ0) is 13.7. The summed E-state index contributed by atoms with van der Waals surface area (Å²) < 4.78 is 13.8. The van der Waals surface area contributed by atoms with Crippen LogP contribution < -0.4 is 5.73 Å². The van der Waals surface area contributed by atoms with Crippen LogP contribution in [0.3, 0.4) is 0 Å². The first-order chi connectivity index (χ1) is 9.18. The van der Waals surface area contributed by atoms with Crippen LogP contribution >= 0.6 is 0 Å². The molecule has 0 unspecified atom stereocenters. The highest BCUT2D eigenvalue weighted by molar-refractivity contribution is 5.17. The molecular weight excluding hydrogens is 239 g/mol. The van der Waals surface area contributed by atoms with Crippen LogP contribution in [-0.2, 0) is 6.54 Å². The van der Waals surface area contributed by atoms with Gasteiger partial charge < -0.3 is 5.73 Å². The van der Waals surface area contributed by atoms with E-state index in [0.29, 0.717) is 13.1 Å². The van der Waals surface area contributed by atoms with Gasteiger partial charge in [-0.2, -0.15) is 0 Å². The van der Waals surface area contributed by atoms with Gasteiger partial charge >= 0.3 is 0 Å². The molecule has 0 heterocycles. The molecule has 2 rings (SSSR count). The van der Waals surface area contributed by atoms with Crippen molar-refractivity contribution in [3.8, 4) is 0 Å². The van der Waals surface area contributed by atoms with Crippen LogP contribution in [0, 0.1) is 5.82 Å². The number of hydrogen-bond acceptors (Lipinski definition) is 2. The average molecular weight is 264 g/mol. The summed E-state index contributed by atoms with van der Waals surface area (Å²) in [6.45, 7) is 1.31. The molecule has 1 fully saturated rings. The van der Waals surface area contributed by atoms with E-state index in [1.165, 1.54) is 31.7 Å². The third-order valence-electron chi connectivity index (χ3n) is 4.59. The first-order valence-corrected chi connectivity index (χ1v) is 7.33. The smallest absolute Gasteiger partial charge is 0.127 e. The molecule has 106 valence electrons. The van der Waals surface area contributed by atoms with Crippen molar-refractivity contribution in [3.63, 3.8) is 0 Å². The Hall–Kier alpha value is -0.930. The topological polar surface area (TPSA) is 29.3 Å². The van der Waals surface area contributed by atoms with E-state index in [1.807, 2.05) is 12.1 Å². The molecule has 1 aromatic rings. The Morgan fingerprint density at radius 3 is 2.37 bits per heavy atom. The molecular formula is C16H25FN2. The Morgan fingerprint density at radius 2 is 1.79 bits per heavy atom. The summed E-state index contributed by atoms with van der Waals surface area (Å²) in [4.78, 5) is 2.27. The summed E-state index contributed by atoms with van der Waals surface area (Å²) >= 11 is 0. The third kappa shape index (κ3) is 3.34. The van der Waals surface area contributed by atoms with Crippen molar-refractivity contribution in [1.82, 2.24) is 4.90 Å². The van der Waals surface area contributed by atoms with E-state index >= 15 is 0 Å². The van der Waals surface area contributed by atoms with Gasteiger partial charge in [-0.3, -0.25) is 4.90 Å². The quantitative estimate of drug-likeness (QED) is 0.845. The molecule has 0 aliphatic heterocycles. The molecule has 0 saturated heterocycles. The lowest BCUT2D eigenvalue weighted by Gasteiger charge is -2.41. The lowest BCUT2D eigenvalue weighted by Crippen LogP contribution is -2.51. The number of hydrogen-bond donors (Lipinski definition) is 1. The van der Waals surface area contributed by atoms with E-state index in [1.54, 1.807) is 6.07 Å². The van der Waals surface area contributed by atoms with E-state index < -0.39 is 0 Å². The molecule has 1 saturated carbocycles. The van der Waals surface area contributed by atoms with Gasteiger partial charge in [-0.1, -0.05) is 43.9 Å². The van der Waals surface area contributed by atoms with Crippen molar-refractivity contribution in [2.24, 2.45) is 5.73 Å². The monoisotopic (exact) mass is 264 g/mol. The second-order valence-corrected chi connectivity index (χ2v) is 5.79.